The molecule has 2 aromatic rings. The SMILES string of the molecule is C[C@@H](CNS(=O)(=O)c1ccc([N+](=O)[O-])cc1)N(C)C(=O)[C@@H](CC(=O)OC(C)(C)C)Cc1ccccc1. The van der Waals surface area contributed by atoms with Crippen molar-refractivity contribution in [2.45, 2.75) is 57.1 Å². The summed E-state index contributed by atoms with van der Waals surface area (Å²) in [5.74, 6) is -1.50. The van der Waals surface area contributed by atoms with Gasteiger partial charge in [0.1, 0.15) is 5.60 Å². The van der Waals surface area contributed by atoms with E-state index in [0.29, 0.717) is 6.42 Å². The molecule has 0 fully saturated rings. The molecule has 0 saturated carbocycles. The van der Waals surface area contributed by atoms with Gasteiger partial charge in [-0.3, -0.25) is 19.7 Å². The predicted octanol–water partition coefficient (Wildman–Crippen LogP) is 3.31. The second-order valence-corrected chi connectivity index (χ2v) is 11.3. The van der Waals surface area contributed by atoms with Gasteiger partial charge in [0.25, 0.3) is 5.69 Å². The van der Waals surface area contributed by atoms with Crippen molar-refractivity contribution >= 4 is 27.6 Å². The molecule has 2 atom stereocenters. The number of ether oxygens (including phenoxy) is 1. The van der Waals surface area contributed by atoms with Crippen molar-refractivity contribution in [3.8, 4) is 0 Å². The van der Waals surface area contributed by atoms with E-state index in [1.165, 1.54) is 4.90 Å². The number of hydrogen-bond donors (Lipinski definition) is 1. The molecule has 11 heteroatoms. The second-order valence-electron chi connectivity index (χ2n) is 9.58. The maximum absolute atomic E-state index is 13.4. The van der Waals surface area contributed by atoms with Crippen molar-refractivity contribution in [2.75, 3.05) is 13.6 Å². The molecule has 196 valence electrons. The van der Waals surface area contributed by atoms with Crippen molar-refractivity contribution in [2.24, 2.45) is 5.92 Å². The number of rotatable bonds is 11. The molecular weight excluding hydrogens is 486 g/mol. The average Bonchev–Trinajstić information content (AvgIpc) is 2.80. The number of sulfonamides is 1. The highest BCUT2D eigenvalue weighted by Gasteiger charge is 2.30. The maximum atomic E-state index is 13.4. The lowest BCUT2D eigenvalue weighted by atomic mass is 9.94. The zero-order valence-corrected chi connectivity index (χ0v) is 21.9. The third-order valence-corrected chi connectivity index (χ3v) is 6.88. The number of esters is 1. The minimum absolute atomic E-state index is 0.0912. The Bertz CT molecular complexity index is 1160. The molecule has 0 saturated heterocycles. The van der Waals surface area contributed by atoms with Crippen LogP contribution in [0.3, 0.4) is 0 Å². The van der Waals surface area contributed by atoms with Crippen LogP contribution in [0.1, 0.15) is 39.7 Å². The third-order valence-electron chi connectivity index (χ3n) is 5.44. The van der Waals surface area contributed by atoms with Crippen LogP contribution in [-0.4, -0.2) is 55.4 Å². The number of non-ortho nitro benzene ring substituents is 1. The largest absolute Gasteiger partial charge is 0.460 e. The molecule has 0 aromatic heterocycles. The number of nitrogens with one attached hydrogen (secondary N) is 1. The van der Waals surface area contributed by atoms with Crippen LogP contribution < -0.4 is 4.72 Å². The smallest absolute Gasteiger partial charge is 0.307 e. The van der Waals surface area contributed by atoms with E-state index >= 15 is 0 Å². The molecule has 0 radical (unpaired) electrons. The van der Waals surface area contributed by atoms with E-state index in [0.717, 1.165) is 29.8 Å². The van der Waals surface area contributed by atoms with Gasteiger partial charge in [-0.15, -0.1) is 0 Å². The number of nitro benzene ring substituents is 1. The van der Waals surface area contributed by atoms with Gasteiger partial charge in [-0.05, 0) is 51.8 Å². The van der Waals surface area contributed by atoms with E-state index in [1.54, 1.807) is 34.7 Å². The molecule has 0 aliphatic rings. The minimum atomic E-state index is -3.95. The Kier molecular flexibility index (Phi) is 9.71. The van der Waals surface area contributed by atoms with Crippen LogP contribution in [0.2, 0.25) is 0 Å². The molecule has 2 rings (SSSR count). The van der Waals surface area contributed by atoms with Gasteiger partial charge in [-0.2, -0.15) is 0 Å². The number of hydrogen-bond acceptors (Lipinski definition) is 7. The number of nitro groups is 1. The van der Waals surface area contributed by atoms with E-state index in [9.17, 15) is 28.1 Å². The molecule has 1 amide bonds. The molecule has 10 nitrogen and oxygen atoms in total. The predicted molar refractivity (Wildman–Crippen MR) is 135 cm³/mol. The lowest BCUT2D eigenvalue weighted by molar-refractivity contribution is -0.384. The summed E-state index contributed by atoms with van der Waals surface area (Å²) in [5.41, 5.74) is -0.0197. The van der Waals surface area contributed by atoms with Gasteiger partial charge in [0, 0.05) is 31.8 Å². The normalized spacial score (nSPS) is 13.5. The fraction of sp³-hybridized carbons (Fsp3) is 0.440. The summed E-state index contributed by atoms with van der Waals surface area (Å²) in [6.07, 6.45) is 0.209. The molecule has 2 aromatic carbocycles. The number of benzene rings is 2. The number of likely N-dealkylation sites (N-methyl/N-ethyl adjacent to an activating group) is 1. The van der Waals surface area contributed by atoms with E-state index in [-0.39, 0.29) is 29.5 Å². The first-order valence-corrected chi connectivity index (χ1v) is 12.9. The standard InChI is InChI=1S/C25H33N3O7S/c1-18(17-26-36(33,34)22-13-11-21(12-14-22)28(31)32)27(5)24(30)20(15-19-9-7-6-8-10-19)16-23(29)35-25(2,3)4/h6-14,18,20,26H,15-17H2,1-5H3/t18-,20+/m0/s1. The quantitative estimate of drug-likeness (QED) is 0.273. The molecule has 36 heavy (non-hydrogen) atoms. The first-order chi connectivity index (χ1) is 16.7. The van der Waals surface area contributed by atoms with E-state index in [4.69, 9.17) is 4.74 Å². The number of carbonyl (C=O) groups excluding carboxylic acids is 2. The molecule has 1 N–H and O–H groups in total. The van der Waals surface area contributed by atoms with Crippen LogP contribution in [0.25, 0.3) is 0 Å². The van der Waals surface area contributed by atoms with Crippen molar-refractivity contribution in [3.05, 3.63) is 70.3 Å². The average molecular weight is 520 g/mol. The Morgan fingerprint density at radius 2 is 1.67 bits per heavy atom. The zero-order valence-electron chi connectivity index (χ0n) is 21.1. The minimum Gasteiger partial charge on any atom is -0.460 e. The summed E-state index contributed by atoms with van der Waals surface area (Å²) in [4.78, 5) is 37.3. The van der Waals surface area contributed by atoms with Crippen LogP contribution in [0.5, 0.6) is 0 Å². The number of carbonyl (C=O) groups is 2. The summed E-state index contributed by atoms with van der Waals surface area (Å²) < 4.78 is 33.1. The van der Waals surface area contributed by atoms with Crippen LogP contribution >= 0.6 is 0 Å². The van der Waals surface area contributed by atoms with Crippen molar-refractivity contribution < 1.29 is 27.7 Å². The maximum Gasteiger partial charge on any atom is 0.307 e. The van der Waals surface area contributed by atoms with Gasteiger partial charge in [0.05, 0.1) is 22.2 Å². The summed E-state index contributed by atoms with van der Waals surface area (Å²) >= 11 is 0. The zero-order chi connectivity index (χ0) is 27.1. The van der Waals surface area contributed by atoms with Gasteiger partial charge in [0.2, 0.25) is 15.9 Å². The topological polar surface area (TPSA) is 136 Å². The molecule has 0 heterocycles. The monoisotopic (exact) mass is 519 g/mol. The lowest BCUT2D eigenvalue weighted by Crippen LogP contribution is -2.46. The van der Waals surface area contributed by atoms with Crippen LogP contribution in [-0.2, 0) is 30.8 Å². The van der Waals surface area contributed by atoms with Gasteiger partial charge in [-0.1, -0.05) is 30.3 Å². The van der Waals surface area contributed by atoms with Crippen LogP contribution in [0.15, 0.2) is 59.5 Å². The van der Waals surface area contributed by atoms with Gasteiger partial charge in [-0.25, -0.2) is 13.1 Å². The van der Waals surface area contributed by atoms with Gasteiger partial charge in [0.15, 0.2) is 0 Å². The molecular formula is C25H33N3O7S. The Hall–Kier alpha value is -3.31. The first-order valence-electron chi connectivity index (χ1n) is 11.5. The number of amides is 1. The molecule has 0 aliphatic heterocycles. The number of nitrogens with zero attached hydrogens (tertiary/aromatic N) is 2. The second kappa shape index (κ2) is 12.1. The molecule has 0 aliphatic carbocycles. The highest BCUT2D eigenvalue weighted by atomic mass is 32.2. The van der Waals surface area contributed by atoms with E-state index in [1.807, 2.05) is 30.3 Å². The van der Waals surface area contributed by atoms with Crippen LogP contribution in [0, 0.1) is 16.0 Å². The molecule has 0 spiro atoms. The lowest BCUT2D eigenvalue weighted by Gasteiger charge is -2.29. The Balaban J connectivity index is 2.10. The van der Waals surface area contributed by atoms with Crippen molar-refractivity contribution in [1.29, 1.82) is 0 Å². The first kappa shape index (κ1) is 28.9. The van der Waals surface area contributed by atoms with Crippen LogP contribution in [0.4, 0.5) is 5.69 Å². The van der Waals surface area contributed by atoms with Crippen molar-refractivity contribution in [1.82, 2.24) is 9.62 Å². The Labute approximate surface area is 211 Å². The van der Waals surface area contributed by atoms with E-state index in [2.05, 4.69) is 4.72 Å². The summed E-state index contributed by atoms with van der Waals surface area (Å²) in [5, 5.41) is 10.8. The molecule has 0 bridgehead atoms. The van der Waals surface area contributed by atoms with E-state index < -0.39 is 38.5 Å². The third kappa shape index (κ3) is 8.72. The Morgan fingerprint density at radius 1 is 1.08 bits per heavy atom. The van der Waals surface area contributed by atoms with Gasteiger partial charge >= 0.3 is 5.97 Å². The fourth-order valence-corrected chi connectivity index (χ4v) is 4.55. The summed E-state index contributed by atoms with van der Waals surface area (Å²) in [6.45, 7) is 6.86. The molecule has 0 unspecified atom stereocenters. The Morgan fingerprint density at radius 3 is 2.19 bits per heavy atom. The summed E-state index contributed by atoms with van der Waals surface area (Å²) in [6, 6.07) is 13.3. The van der Waals surface area contributed by atoms with Gasteiger partial charge < -0.3 is 9.64 Å². The summed E-state index contributed by atoms with van der Waals surface area (Å²) in [7, 11) is -2.39. The highest BCUT2D eigenvalue weighted by Crippen LogP contribution is 2.20. The highest BCUT2D eigenvalue weighted by molar-refractivity contribution is 7.89. The van der Waals surface area contributed by atoms with Crippen molar-refractivity contribution in [3.63, 3.8) is 0 Å². The fourth-order valence-electron chi connectivity index (χ4n) is 3.43.